The molecule has 1 aliphatic heterocycles. The molecule has 0 bridgehead atoms. The normalized spacial score (nSPS) is 15.7. The van der Waals surface area contributed by atoms with Crippen LogP contribution in [0.5, 0.6) is 0 Å². The van der Waals surface area contributed by atoms with Crippen LogP contribution in [0.2, 0.25) is 0 Å². The number of piperidine rings is 1. The minimum atomic E-state index is -3.51. The zero-order valence-electron chi connectivity index (χ0n) is 16.5. The lowest BCUT2D eigenvalue weighted by Gasteiger charge is -2.31. The number of nitrogens with zero attached hydrogens (tertiary/aromatic N) is 3. The monoisotopic (exact) mass is 443 g/mol. The molecule has 0 saturated carbocycles. The topological polar surface area (TPSA) is 138 Å². The van der Waals surface area contributed by atoms with E-state index in [1.54, 1.807) is 30.3 Å². The van der Waals surface area contributed by atoms with Crippen molar-refractivity contribution in [2.75, 3.05) is 19.6 Å². The number of nitro groups is 1. The molecule has 2 heterocycles. The van der Waals surface area contributed by atoms with Crippen LogP contribution in [-0.4, -0.2) is 53.4 Å². The SMILES string of the molecule is O=C(NCC1CCN(S(=O)(=O)c2ccccc2)CC1)c1n[nH]c2ccc([N+](=O)[O-])cc12. The minimum Gasteiger partial charge on any atom is -0.350 e. The quantitative estimate of drug-likeness (QED) is 0.443. The molecule has 1 amide bonds. The van der Waals surface area contributed by atoms with Gasteiger partial charge in [0.2, 0.25) is 10.0 Å². The van der Waals surface area contributed by atoms with Crippen molar-refractivity contribution in [1.82, 2.24) is 19.8 Å². The van der Waals surface area contributed by atoms with E-state index < -0.39 is 20.9 Å². The van der Waals surface area contributed by atoms with Crippen molar-refractivity contribution in [1.29, 1.82) is 0 Å². The number of sulfonamides is 1. The predicted molar refractivity (Wildman–Crippen MR) is 113 cm³/mol. The number of benzene rings is 2. The van der Waals surface area contributed by atoms with Crippen LogP contribution in [0, 0.1) is 16.0 Å². The van der Waals surface area contributed by atoms with Crippen molar-refractivity contribution >= 4 is 32.5 Å². The van der Waals surface area contributed by atoms with Crippen molar-refractivity contribution in [2.24, 2.45) is 5.92 Å². The van der Waals surface area contributed by atoms with Crippen LogP contribution in [0.25, 0.3) is 10.9 Å². The summed E-state index contributed by atoms with van der Waals surface area (Å²) in [6.45, 7) is 1.14. The Kier molecular flexibility index (Phi) is 5.70. The van der Waals surface area contributed by atoms with E-state index in [1.165, 1.54) is 22.5 Å². The van der Waals surface area contributed by atoms with Crippen LogP contribution in [0.4, 0.5) is 5.69 Å². The highest BCUT2D eigenvalue weighted by Gasteiger charge is 2.29. The van der Waals surface area contributed by atoms with E-state index in [2.05, 4.69) is 15.5 Å². The first-order valence-corrected chi connectivity index (χ1v) is 11.3. The fraction of sp³-hybridized carbons (Fsp3) is 0.300. The molecule has 0 spiro atoms. The van der Waals surface area contributed by atoms with Gasteiger partial charge in [-0.2, -0.15) is 9.40 Å². The average molecular weight is 443 g/mol. The molecule has 0 unspecified atom stereocenters. The van der Waals surface area contributed by atoms with Gasteiger partial charge in [-0.05, 0) is 37.0 Å². The molecule has 0 aliphatic carbocycles. The first-order chi connectivity index (χ1) is 14.9. The maximum atomic E-state index is 12.7. The van der Waals surface area contributed by atoms with E-state index >= 15 is 0 Å². The Morgan fingerprint density at radius 2 is 1.90 bits per heavy atom. The molecule has 31 heavy (non-hydrogen) atoms. The van der Waals surface area contributed by atoms with Gasteiger partial charge in [0, 0.05) is 37.2 Å². The Morgan fingerprint density at radius 1 is 1.19 bits per heavy atom. The number of H-pyrrole nitrogens is 1. The lowest BCUT2D eigenvalue weighted by molar-refractivity contribution is -0.384. The smallest absolute Gasteiger partial charge is 0.272 e. The van der Waals surface area contributed by atoms with Crippen molar-refractivity contribution in [3.8, 4) is 0 Å². The second kappa shape index (κ2) is 8.44. The first-order valence-electron chi connectivity index (χ1n) is 9.82. The molecule has 2 aromatic carbocycles. The number of aromatic nitrogens is 2. The zero-order valence-corrected chi connectivity index (χ0v) is 17.3. The summed E-state index contributed by atoms with van der Waals surface area (Å²) in [6, 6.07) is 12.5. The standard InChI is InChI=1S/C20H21N5O5S/c26-20(19-17-12-15(25(27)28)6-7-18(17)22-23-19)21-13-14-8-10-24(11-9-14)31(29,30)16-4-2-1-3-5-16/h1-7,12,14H,8-11,13H2,(H,21,26)(H,22,23). The maximum Gasteiger partial charge on any atom is 0.272 e. The Hall–Kier alpha value is -3.31. The number of carbonyl (C=O) groups is 1. The first kappa shape index (κ1) is 20.9. The summed E-state index contributed by atoms with van der Waals surface area (Å²) in [6.07, 6.45) is 1.25. The van der Waals surface area contributed by atoms with Crippen molar-refractivity contribution in [3.05, 3.63) is 64.3 Å². The molecule has 1 saturated heterocycles. The van der Waals surface area contributed by atoms with E-state index in [9.17, 15) is 23.3 Å². The summed E-state index contributed by atoms with van der Waals surface area (Å²) in [5.41, 5.74) is 0.521. The number of carbonyl (C=O) groups excluding carboxylic acids is 1. The van der Waals surface area contributed by atoms with E-state index in [-0.39, 0.29) is 22.2 Å². The molecule has 4 rings (SSSR count). The van der Waals surface area contributed by atoms with Crippen molar-refractivity contribution < 1.29 is 18.1 Å². The number of non-ortho nitro benzene ring substituents is 1. The third kappa shape index (κ3) is 4.28. The van der Waals surface area contributed by atoms with Gasteiger partial charge in [0.25, 0.3) is 11.6 Å². The maximum absolute atomic E-state index is 12.7. The van der Waals surface area contributed by atoms with E-state index in [0.29, 0.717) is 43.4 Å². The van der Waals surface area contributed by atoms with Gasteiger partial charge in [-0.25, -0.2) is 8.42 Å². The lowest BCUT2D eigenvalue weighted by atomic mass is 9.98. The molecule has 2 N–H and O–H groups in total. The molecule has 11 heteroatoms. The van der Waals surface area contributed by atoms with Gasteiger partial charge in [0.05, 0.1) is 15.3 Å². The molecule has 3 aromatic rings. The third-order valence-electron chi connectivity index (χ3n) is 5.48. The van der Waals surface area contributed by atoms with Gasteiger partial charge in [-0.15, -0.1) is 0 Å². The Bertz CT molecular complexity index is 1220. The van der Waals surface area contributed by atoms with Gasteiger partial charge in [0.15, 0.2) is 5.69 Å². The van der Waals surface area contributed by atoms with Gasteiger partial charge in [-0.3, -0.25) is 20.0 Å². The van der Waals surface area contributed by atoms with Crippen LogP contribution in [0.15, 0.2) is 53.4 Å². The molecule has 1 aromatic heterocycles. The number of nitro benzene ring substituents is 1. The average Bonchev–Trinajstić information content (AvgIpc) is 3.21. The largest absolute Gasteiger partial charge is 0.350 e. The third-order valence-corrected chi connectivity index (χ3v) is 7.39. The molecule has 162 valence electrons. The number of fused-ring (bicyclic) bond motifs is 1. The molecular formula is C20H21N5O5S. The predicted octanol–water partition coefficient (Wildman–Crippen LogP) is 2.30. The highest BCUT2D eigenvalue weighted by Crippen LogP contribution is 2.24. The number of hydrogen-bond acceptors (Lipinski definition) is 6. The van der Waals surface area contributed by atoms with Gasteiger partial charge in [0.1, 0.15) is 0 Å². The van der Waals surface area contributed by atoms with E-state index in [0.717, 1.165) is 0 Å². The fourth-order valence-corrected chi connectivity index (χ4v) is 5.20. The molecule has 1 aliphatic rings. The van der Waals surface area contributed by atoms with Crippen LogP contribution in [-0.2, 0) is 10.0 Å². The number of nitrogens with one attached hydrogen (secondary N) is 2. The highest BCUT2D eigenvalue weighted by atomic mass is 32.2. The summed E-state index contributed by atoms with van der Waals surface area (Å²) in [7, 11) is -3.51. The Labute approximate surface area is 178 Å². The van der Waals surface area contributed by atoms with Gasteiger partial charge >= 0.3 is 0 Å². The lowest BCUT2D eigenvalue weighted by Crippen LogP contribution is -2.41. The van der Waals surface area contributed by atoms with Crippen LogP contribution in [0.3, 0.4) is 0 Å². The number of hydrogen-bond donors (Lipinski definition) is 2. The molecule has 1 fully saturated rings. The number of aromatic amines is 1. The summed E-state index contributed by atoms with van der Waals surface area (Å²) in [4.78, 5) is 23.3. The summed E-state index contributed by atoms with van der Waals surface area (Å²) in [5, 5.41) is 20.9. The number of amides is 1. The Morgan fingerprint density at radius 3 is 2.58 bits per heavy atom. The molecule has 0 atom stereocenters. The summed E-state index contributed by atoms with van der Waals surface area (Å²) < 4.78 is 26.9. The van der Waals surface area contributed by atoms with Gasteiger partial charge < -0.3 is 5.32 Å². The Balaban J connectivity index is 1.36. The minimum absolute atomic E-state index is 0.0998. The van der Waals surface area contributed by atoms with Crippen LogP contribution in [0.1, 0.15) is 23.3 Å². The molecule has 0 radical (unpaired) electrons. The molecular weight excluding hydrogens is 422 g/mol. The molecule has 10 nitrogen and oxygen atoms in total. The van der Waals surface area contributed by atoms with E-state index in [1.807, 2.05) is 0 Å². The number of rotatable bonds is 6. The van der Waals surface area contributed by atoms with Crippen molar-refractivity contribution in [3.63, 3.8) is 0 Å². The van der Waals surface area contributed by atoms with Gasteiger partial charge in [-0.1, -0.05) is 18.2 Å². The highest BCUT2D eigenvalue weighted by molar-refractivity contribution is 7.89. The van der Waals surface area contributed by atoms with Crippen LogP contribution >= 0.6 is 0 Å². The fourth-order valence-electron chi connectivity index (χ4n) is 3.70. The second-order valence-electron chi connectivity index (χ2n) is 7.43. The summed E-state index contributed by atoms with van der Waals surface area (Å²) in [5.74, 6) is -0.295. The van der Waals surface area contributed by atoms with E-state index in [4.69, 9.17) is 0 Å². The summed E-state index contributed by atoms with van der Waals surface area (Å²) >= 11 is 0. The van der Waals surface area contributed by atoms with Crippen LogP contribution < -0.4 is 5.32 Å². The second-order valence-corrected chi connectivity index (χ2v) is 9.37. The zero-order chi connectivity index (χ0) is 22.0. The van der Waals surface area contributed by atoms with Crippen molar-refractivity contribution in [2.45, 2.75) is 17.7 Å².